The van der Waals surface area contributed by atoms with Crippen molar-refractivity contribution in [1.29, 1.82) is 0 Å². The van der Waals surface area contributed by atoms with Crippen molar-refractivity contribution >= 4 is 45.6 Å². The topological polar surface area (TPSA) is 71.0 Å². The van der Waals surface area contributed by atoms with E-state index in [1.54, 1.807) is 0 Å². The Morgan fingerprint density at radius 3 is 2.70 bits per heavy atom. The van der Waals surface area contributed by atoms with Crippen molar-refractivity contribution in [3.8, 4) is 11.3 Å². The molecule has 0 saturated carbocycles. The van der Waals surface area contributed by atoms with E-state index in [1.165, 1.54) is 35.9 Å². The summed E-state index contributed by atoms with van der Waals surface area (Å²) in [5.41, 5.74) is -0.246. The molecule has 0 radical (unpaired) electrons. The zero-order valence-corrected chi connectivity index (χ0v) is 19.6. The molecule has 1 aliphatic rings. The molecular weight excluding hydrogens is 498 g/mol. The summed E-state index contributed by atoms with van der Waals surface area (Å²) in [6.45, 7) is 3.50. The summed E-state index contributed by atoms with van der Waals surface area (Å²) in [5.74, 6) is -0.548. The minimum absolute atomic E-state index is 0.0386. The van der Waals surface area contributed by atoms with Crippen LogP contribution in [0.5, 0.6) is 0 Å². The maximum absolute atomic E-state index is 13.4. The first kappa shape index (κ1) is 23.9. The lowest BCUT2D eigenvalue weighted by atomic mass is 10.1. The number of nitrogens with one attached hydrogen (secondary N) is 1. The third-order valence-electron chi connectivity index (χ3n) is 5.35. The summed E-state index contributed by atoms with van der Waals surface area (Å²) in [6, 6.07) is 4.05. The fourth-order valence-electron chi connectivity index (χ4n) is 3.63. The van der Waals surface area contributed by atoms with Crippen LogP contribution in [0.2, 0.25) is 10.2 Å². The fourth-order valence-corrected chi connectivity index (χ4v) is 4.96. The highest BCUT2D eigenvalue weighted by atomic mass is 35.5. The van der Waals surface area contributed by atoms with Gasteiger partial charge in [-0.15, -0.1) is 0 Å². The van der Waals surface area contributed by atoms with Crippen molar-refractivity contribution in [2.45, 2.75) is 38.5 Å². The van der Waals surface area contributed by atoms with Gasteiger partial charge in [0.25, 0.3) is 5.91 Å². The van der Waals surface area contributed by atoms with Gasteiger partial charge in [-0.05, 0) is 38.4 Å². The maximum atomic E-state index is 13.4. The molecular formula is C21H18Cl2F3N5OS. The lowest BCUT2D eigenvalue weighted by molar-refractivity contribution is -0.137. The van der Waals surface area contributed by atoms with Gasteiger partial charge in [0.05, 0.1) is 28.7 Å². The number of thiazole rings is 1. The predicted molar refractivity (Wildman–Crippen MR) is 122 cm³/mol. The molecule has 0 bridgehead atoms. The predicted octanol–water partition coefficient (Wildman–Crippen LogP) is 6.16. The van der Waals surface area contributed by atoms with E-state index in [9.17, 15) is 18.0 Å². The summed E-state index contributed by atoms with van der Waals surface area (Å²) in [6.07, 6.45) is -0.0272. The zero-order valence-electron chi connectivity index (χ0n) is 17.3. The number of hydrogen-bond acceptors (Lipinski definition) is 6. The van der Waals surface area contributed by atoms with Crippen molar-refractivity contribution in [3.05, 3.63) is 56.9 Å². The Labute approximate surface area is 201 Å². The number of anilines is 1. The first-order valence-corrected chi connectivity index (χ1v) is 11.6. The first-order valence-electron chi connectivity index (χ1n) is 10.0. The molecule has 0 aliphatic carbocycles. The van der Waals surface area contributed by atoms with Crippen LogP contribution in [-0.4, -0.2) is 38.3 Å². The van der Waals surface area contributed by atoms with Crippen molar-refractivity contribution in [3.63, 3.8) is 0 Å². The summed E-state index contributed by atoms with van der Waals surface area (Å²) in [5, 5.41) is 2.67. The molecule has 33 heavy (non-hydrogen) atoms. The highest BCUT2D eigenvalue weighted by Crippen LogP contribution is 2.40. The van der Waals surface area contributed by atoms with E-state index < -0.39 is 17.6 Å². The summed E-state index contributed by atoms with van der Waals surface area (Å²) in [4.78, 5) is 27.7. The number of benzene rings is 1. The normalized spacial score (nSPS) is 16.8. The molecule has 4 rings (SSSR count). The molecule has 0 spiro atoms. The zero-order chi connectivity index (χ0) is 23.8. The third kappa shape index (κ3) is 5.46. The van der Waals surface area contributed by atoms with Crippen LogP contribution >= 0.6 is 34.5 Å². The Bertz CT molecular complexity index is 1170. The number of nitrogens with zero attached hydrogens (tertiary/aromatic N) is 4. The number of amides is 1. The van der Waals surface area contributed by atoms with Gasteiger partial charge in [-0.2, -0.15) is 13.2 Å². The molecule has 1 aliphatic heterocycles. The summed E-state index contributed by atoms with van der Waals surface area (Å²) in [7, 11) is 0. The van der Waals surface area contributed by atoms with Gasteiger partial charge >= 0.3 is 6.18 Å². The highest BCUT2D eigenvalue weighted by molar-refractivity contribution is 7.16. The number of aromatic nitrogens is 3. The van der Waals surface area contributed by atoms with Crippen molar-refractivity contribution in [2.75, 3.05) is 11.9 Å². The molecule has 1 N–H and O–H groups in total. The van der Waals surface area contributed by atoms with Crippen LogP contribution in [0.25, 0.3) is 11.3 Å². The standard InChI is InChI=1S/C21H18Cl2F3N5OS/c1-11-3-2-6-31(11)10-16-18(12-4-5-14(22)13(7-12)21(24,25)26)29-20(33-16)30-19(32)15-8-28-17(23)9-27-15/h4-5,7-9,11H,2-3,6,10H2,1H3,(H,29,30,32)/t11-/m1/s1. The van der Waals surface area contributed by atoms with Crippen LogP contribution in [0.1, 0.15) is 40.7 Å². The summed E-state index contributed by atoms with van der Waals surface area (Å²) >= 11 is 12.7. The van der Waals surface area contributed by atoms with Gasteiger partial charge in [-0.1, -0.05) is 40.6 Å². The van der Waals surface area contributed by atoms with Crippen molar-refractivity contribution in [1.82, 2.24) is 19.9 Å². The lowest BCUT2D eigenvalue weighted by Crippen LogP contribution is -2.25. The monoisotopic (exact) mass is 515 g/mol. The number of carbonyl (C=O) groups excluding carboxylic acids is 1. The minimum Gasteiger partial charge on any atom is -0.296 e. The van der Waals surface area contributed by atoms with Crippen LogP contribution in [0.3, 0.4) is 0 Å². The molecule has 1 fully saturated rings. The maximum Gasteiger partial charge on any atom is 0.417 e. The lowest BCUT2D eigenvalue weighted by Gasteiger charge is -2.20. The molecule has 1 saturated heterocycles. The second-order valence-corrected chi connectivity index (χ2v) is 9.50. The molecule has 174 valence electrons. The molecule has 1 amide bonds. The average Bonchev–Trinajstić information content (AvgIpc) is 3.34. The van der Waals surface area contributed by atoms with Gasteiger partial charge in [0.1, 0.15) is 10.8 Å². The molecule has 1 aromatic carbocycles. The van der Waals surface area contributed by atoms with Crippen LogP contribution in [0.15, 0.2) is 30.6 Å². The largest absolute Gasteiger partial charge is 0.417 e. The molecule has 0 unspecified atom stereocenters. The number of carbonyl (C=O) groups is 1. The fraction of sp³-hybridized carbons (Fsp3) is 0.333. The first-order chi connectivity index (χ1) is 15.6. The number of likely N-dealkylation sites (tertiary alicyclic amines) is 1. The second-order valence-electron chi connectivity index (χ2n) is 7.62. The second kappa shape index (κ2) is 9.54. The van der Waals surface area contributed by atoms with Crippen LogP contribution in [0.4, 0.5) is 18.3 Å². The van der Waals surface area contributed by atoms with Crippen LogP contribution < -0.4 is 5.32 Å². The van der Waals surface area contributed by atoms with Gasteiger partial charge in [0.2, 0.25) is 0 Å². The number of halogens is 5. The Morgan fingerprint density at radius 2 is 2.06 bits per heavy atom. The van der Waals surface area contributed by atoms with Gasteiger partial charge < -0.3 is 0 Å². The van der Waals surface area contributed by atoms with E-state index in [-0.39, 0.29) is 26.6 Å². The van der Waals surface area contributed by atoms with E-state index >= 15 is 0 Å². The van der Waals surface area contributed by atoms with Gasteiger partial charge in [-0.3, -0.25) is 15.0 Å². The average molecular weight is 516 g/mol. The van der Waals surface area contributed by atoms with E-state index in [2.05, 4.69) is 32.1 Å². The minimum atomic E-state index is -4.60. The Hall–Kier alpha value is -2.27. The summed E-state index contributed by atoms with van der Waals surface area (Å²) < 4.78 is 40.3. The van der Waals surface area contributed by atoms with Crippen molar-refractivity contribution < 1.29 is 18.0 Å². The van der Waals surface area contributed by atoms with E-state index in [0.717, 1.165) is 30.3 Å². The Morgan fingerprint density at radius 1 is 1.27 bits per heavy atom. The molecule has 12 heteroatoms. The van der Waals surface area contributed by atoms with E-state index in [0.29, 0.717) is 18.3 Å². The number of hydrogen-bond donors (Lipinski definition) is 1. The Kier molecular flexibility index (Phi) is 6.90. The van der Waals surface area contributed by atoms with Gasteiger partial charge in [0, 0.05) is 23.0 Å². The Balaban J connectivity index is 1.69. The highest BCUT2D eigenvalue weighted by Gasteiger charge is 2.34. The molecule has 2 aromatic heterocycles. The van der Waals surface area contributed by atoms with E-state index in [4.69, 9.17) is 23.2 Å². The SMILES string of the molecule is C[C@@H]1CCCN1Cc1sc(NC(=O)c2cnc(Cl)cn2)nc1-c1ccc(Cl)c(C(F)(F)F)c1. The van der Waals surface area contributed by atoms with E-state index in [1.807, 2.05) is 0 Å². The van der Waals surface area contributed by atoms with Crippen molar-refractivity contribution in [2.24, 2.45) is 0 Å². The molecule has 1 atom stereocenters. The molecule has 3 aromatic rings. The molecule has 3 heterocycles. The smallest absolute Gasteiger partial charge is 0.296 e. The third-order valence-corrected chi connectivity index (χ3v) is 6.83. The van der Waals surface area contributed by atoms with Gasteiger partial charge in [0.15, 0.2) is 5.13 Å². The number of alkyl halides is 3. The van der Waals surface area contributed by atoms with Gasteiger partial charge in [-0.25, -0.2) is 15.0 Å². The quantitative estimate of drug-likeness (QED) is 0.440. The van der Waals surface area contributed by atoms with Crippen LogP contribution in [-0.2, 0) is 12.7 Å². The molecule has 6 nitrogen and oxygen atoms in total. The van der Waals surface area contributed by atoms with Crippen LogP contribution in [0, 0.1) is 0 Å². The number of rotatable bonds is 5.